The lowest BCUT2D eigenvalue weighted by Gasteiger charge is -2.21. The topological polar surface area (TPSA) is 81.7 Å². The molecule has 2 aromatic carbocycles. The highest BCUT2D eigenvalue weighted by Gasteiger charge is 2.25. The van der Waals surface area contributed by atoms with Crippen LogP contribution in [0.1, 0.15) is 34.6 Å². The number of esters is 1. The number of carbonyl (C=O) groups excluding carboxylic acids is 3. The molecule has 1 aliphatic rings. The van der Waals surface area contributed by atoms with Crippen LogP contribution in [-0.4, -0.2) is 36.1 Å². The summed E-state index contributed by atoms with van der Waals surface area (Å²) < 4.78 is 10.4. The number of nitrogens with one attached hydrogen (secondary N) is 1. The van der Waals surface area contributed by atoms with E-state index >= 15 is 0 Å². The maximum atomic E-state index is 12.4. The van der Waals surface area contributed by atoms with Crippen molar-refractivity contribution in [3.63, 3.8) is 0 Å². The van der Waals surface area contributed by atoms with Crippen molar-refractivity contribution in [1.29, 1.82) is 0 Å². The summed E-state index contributed by atoms with van der Waals surface area (Å²) in [6.45, 7) is 3.35. The molecule has 0 saturated carbocycles. The van der Waals surface area contributed by atoms with Crippen molar-refractivity contribution in [1.82, 2.24) is 0 Å². The average molecular weight is 385 g/mol. The van der Waals surface area contributed by atoms with Gasteiger partial charge in [0, 0.05) is 10.5 Å². The smallest absolute Gasteiger partial charge is 0.338 e. The Morgan fingerprint density at radius 2 is 1.78 bits per heavy atom. The van der Waals surface area contributed by atoms with E-state index in [1.54, 1.807) is 49.6 Å². The maximum Gasteiger partial charge on any atom is 0.338 e. The first kappa shape index (κ1) is 19.0. The minimum Gasteiger partial charge on any atom is -0.497 e. The van der Waals surface area contributed by atoms with Gasteiger partial charge < -0.3 is 14.8 Å². The van der Waals surface area contributed by atoms with E-state index in [0.717, 1.165) is 4.90 Å². The number of anilines is 1. The minimum absolute atomic E-state index is 0.110. The Labute approximate surface area is 161 Å². The molecule has 6 nitrogen and oxygen atoms in total. The Balaban J connectivity index is 1.70. The molecule has 1 N–H and O–H groups in total. The number of carbonyl (C=O) groups is 3. The molecule has 0 aliphatic carbocycles. The Kier molecular flexibility index (Phi) is 5.51. The summed E-state index contributed by atoms with van der Waals surface area (Å²) in [7, 11) is 1.54. The van der Waals surface area contributed by atoms with Gasteiger partial charge in [0.05, 0.1) is 23.6 Å². The van der Waals surface area contributed by atoms with Gasteiger partial charge in [0.1, 0.15) is 5.75 Å². The van der Waals surface area contributed by atoms with E-state index in [1.807, 2.05) is 6.92 Å². The molecule has 0 aromatic heterocycles. The molecule has 1 amide bonds. The molecule has 2 atom stereocenters. The van der Waals surface area contributed by atoms with Crippen molar-refractivity contribution in [2.24, 2.45) is 0 Å². The fourth-order valence-corrected chi connectivity index (χ4v) is 3.54. The number of amides is 1. The summed E-state index contributed by atoms with van der Waals surface area (Å²) in [4.78, 5) is 37.5. The summed E-state index contributed by atoms with van der Waals surface area (Å²) in [6, 6.07) is 11.6. The van der Waals surface area contributed by atoms with E-state index < -0.39 is 12.1 Å². The quantitative estimate of drug-likeness (QED) is 0.626. The Morgan fingerprint density at radius 1 is 1.11 bits per heavy atom. The third kappa shape index (κ3) is 4.14. The third-order valence-corrected chi connectivity index (χ3v) is 5.35. The lowest BCUT2D eigenvalue weighted by molar-refractivity contribution is -0.115. The molecule has 2 aromatic rings. The second-order valence-electron chi connectivity index (χ2n) is 6.10. The van der Waals surface area contributed by atoms with Crippen LogP contribution in [-0.2, 0) is 9.53 Å². The van der Waals surface area contributed by atoms with Gasteiger partial charge >= 0.3 is 5.97 Å². The second kappa shape index (κ2) is 7.84. The van der Waals surface area contributed by atoms with Crippen molar-refractivity contribution < 1.29 is 23.9 Å². The summed E-state index contributed by atoms with van der Waals surface area (Å²) in [5.41, 5.74) is 1.28. The normalized spacial score (nSPS) is 16.7. The number of Topliss-reactive ketones (excluding diaryl/α,β-unsaturated/α-hetero) is 1. The van der Waals surface area contributed by atoms with Crippen LogP contribution in [0.3, 0.4) is 0 Å². The number of methoxy groups -OCH3 is 1. The molecule has 0 radical (unpaired) electrons. The van der Waals surface area contributed by atoms with Gasteiger partial charge in [-0.2, -0.15) is 0 Å². The lowest BCUT2D eigenvalue weighted by atomic mass is 10.1. The van der Waals surface area contributed by atoms with Gasteiger partial charge in [-0.1, -0.05) is 0 Å². The van der Waals surface area contributed by atoms with Gasteiger partial charge in [-0.25, -0.2) is 4.79 Å². The van der Waals surface area contributed by atoms with E-state index in [9.17, 15) is 14.4 Å². The van der Waals surface area contributed by atoms with Gasteiger partial charge in [0.25, 0.3) is 0 Å². The molecule has 1 aliphatic heterocycles. The Bertz CT molecular complexity index is 894. The molecule has 1 heterocycles. The molecule has 0 unspecified atom stereocenters. The lowest BCUT2D eigenvalue weighted by Crippen LogP contribution is -2.27. The molecule has 27 heavy (non-hydrogen) atoms. The monoisotopic (exact) mass is 385 g/mol. The van der Waals surface area contributed by atoms with Crippen LogP contribution < -0.4 is 10.1 Å². The zero-order valence-electron chi connectivity index (χ0n) is 15.1. The molecule has 3 rings (SSSR count). The molecular weight excluding hydrogens is 366 g/mol. The molecule has 0 spiro atoms. The number of hydrogen-bond donors (Lipinski definition) is 1. The van der Waals surface area contributed by atoms with E-state index in [0.29, 0.717) is 17.0 Å². The predicted octanol–water partition coefficient (Wildman–Crippen LogP) is 3.56. The van der Waals surface area contributed by atoms with Crippen molar-refractivity contribution >= 4 is 35.1 Å². The second-order valence-corrected chi connectivity index (χ2v) is 7.48. The highest BCUT2D eigenvalue weighted by molar-refractivity contribution is 8.00. The first-order chi connectivity index (χ1) is 12.9. The molecule has 0 saturated heterocycles. The van der Waals surface area contributed by atoms with Crippen LogP contribution in [0.2, 0.25) is 0 Å². The van der Waals surface area contributed by atoms with Crippen molar-refractivity contribution in [3.8, 4) is 5.75 Å². The largest absolute Gasteiger partial charge is 0.497 e. The highest BCUT2D eigenvalue weighted by Crippen LogP contribution is 2.36. The van der Waals surface area contributed by atoms with Crippen molar-refractivity contribution in [2.75, 3.05) is 12.4 Å². The number of thioether (sulfide) groups is 1. The predicted molar refractivity (Wildman–Crippen MR) is 103 cm³/mol. The number of fused-ring (bicyclic) bond motifs is 1. The minimum atomic E-state index is -0.939. The summed E-state index contributed by atoms with van der Waals surface area (Å²) >= 11 is 1.43. The first-order valence-corrected chi connectivity index (χ1v) is 9.28. The molecule has 7 heteroatoms. The number of benzene rings is 2. The number of ether oxygens (including phenoxy) is 2. The molecule has 0 fully saturated rings. The summed E-state index contributed by atoms with van der Waals surface area (Å²) in [6.07, 6.45) is -0.939. The van der Waals surface area contributed by atoms with E-state index in [2.05, 4.69) is 5.32 Å². The molecular formula is C20H19NO5S. The Hall–Kier alpha value is -2.80. The van der Waals surface area contributed by atoms with Gasteiger partial charge in [-0.3, -0.25) is 9.59 Å². The molecule has 0 bridgehead atoms. The third-order valence-electron chi connectivity index (χ3n) is 4.17. The fourth-order valence-electron chi connectivity index (χ4n) is 2.61. The Morgan fingerprint density at radius 3 is 2.44 bits per heavy atom. The van der Waals surface area contributed by atoms with Gasteiger partial charge in [0.15, 0.2) is 6.10 Å². The number of rotatable bonds is 5. The van der Waals surface area contributed by atoms with Gasteiger partial charge in [-0.15, -0.1) is 11.8 Å². The van der Waals surface area contributed by atoms with Crippen LogP contribution in [0.5, 0.6) is 5.75 Å². The van der Waals surface area contributed by atoms with E-state index in [4.69, 9.17) is 9.47 Å². The van der Waals surface area contributed by atoms with E-state index in [1.165, 1.54) is 18.7 Å². The van der Waals surface area contributed by atoms with Crippen LogP contribution in [0.15, 0.2) is 47.4 Å². The van der Waals surface area contributed by atoms with Crippen molar-refractivity contribution in [3.05, 3.63) is 53.6 Å². The van der Waals surface area contributed by atoms with Crippen LogP contribution >= 0.6 is 11.8 Å². The first-order valence-electron chi connectivity index (χ1n) is 8.40. The SMILES string of the molecule is COc1ccc(C(=O)[C@H](C)OC(=O)c2ccc3c(c2)NC(=O)[C@@H](C)S3)cc1. The highest BCUT2D eigenvalue weighted by atomic mass is 32.2. The van der Waals surface area contributed by atoms with Crippen LogP contribution in [0.4, 0.5) is 5.69 Å². The zero-order chi connectivity index (χ0) is 19.6. The summed E-state index contributed by atoms with van der Waals surface area (Å²) in [5, 5.41) is 2.59. The van der Waals surface area contributed by atoms with Gasteiger partial charge in [-0.05, 0) is 56.3 Å². The van der Waals surface area contributed by atoms with Gasteiger partial charge in [0.2, 0.25) is 11.7 Å². The number of hydrogen-bond acceptors (Lipinski definition) is 6. The molecule has 140 valence electrons. The summed E-state index contributed by atoms with van der Waals surface area (Å²) in [5.74, 6) is -0.396. The zero-order valence-corrected chi connectivity index (χ0v) is 16.0. The average Bonchev–Trinajstić information content (AvgIpc) is 2.68. The van der Waals surface area contributed by atoms with E-state index in [-0.39, 0.29) is 22.5 Å². The maximum absolute atomic E-state index is 12.4. The van der Waals surface area contributed by atoms with Crippen LogP contribution in [0.25, 0.3) is 0 Å². The van der Waals surface area contributed by atoms with Crippen LogP contribution in [0, 0.1) is 0 Å². The standard InChI is InChI=1S/C20H19NO5S/c1-11(18(22)13-4-7-15(25-3)8-5-13)26-20(24)14-6-9-17-16(10-14)21-19(23)12(2)27-17/h4-12H,1-3H3,(H,21,23)/t11-,12+/m0/s1. The van der Waals surface area contributed by atoms with Crippen molar-refractivity contribution in [2.45, 2.75) is 30.1 Å². The fraction of sp³-hybridized carbons (Fsp3) is 0.250. The number of ketones is 1.